The molecule has 0 spiro atoms. The van der Waals surface area contributed by atoms with E-state index in [0.29, 0.717) is 31.7 Å². The second-order valence-electron chi connectivity index (χ2n) is 9.57. The van der Waals surface area contributed by atoms with Crippen molar-refractivity contribution in [3.8, 4) is 6.07 Å². The SMILES string of the molecule is N#Cc1ccc(N2CCN(C(=O)/C=C/COC[C@H]3c4ccccc4CN3c3cn[nH]c(=O)c3C(F)(F)F)CC2)nc1. The first-order chi connectivity index (χ1) is 19.8. The Labute approximate surface area is 233 Å². The summed E-state index contributed by atoms with van der Waals surface area (Å²) < 4.78 is 47.1. The van der Waals surface area contributed by atoms with Crippen LogP contribution in [0.5, 0.6) is 0 Å². The van der Waals surface area contributed by atoms with Crippen LogP contribution >= 0.6 is 0 Å². The quantitative estimate of drug-likeness (QED) is 0.343. The molecule has 41 heavy (non-hydrogen) atoms. The summed E-state index contributed by atoms with van der Waals surface area (Å²) in [6.07, 6.45) is 0.680. The summed E-state index contributed by atoms with van der Waals surface area (Å²) in [5.41, 5.74) is -0.802. The van der Waals surface area contributed by atoms with Gasteiger partial charge in [-0.1, -0.05) is 30.3 Å². The van der Waals surface area contributed by atoms with Gasteiger partial charge >= 0.3 is 6.18 Å². The fourth-order valence-electron chi connectivity index (χ4n) is 5.08. The van der Waals surface area contributed by atoms with Crippen LogP contribution < -0.4 is 15.4 Å². The first kappa shape index (κ1) is 27.9. The van der Waals surface area contributed by atoms with Crippen molar-refractivity contribution in [2.45, 2.75) is 18.8 Å². The molecule has 2 aliphatic rings. The van der Waals surface area contributed by atoms with Gasteiger partial charge in [-0.2, -0.15) is 23.5 Å². The van der Waals surface area contributed by atoms with Crippen LogP contribution in [0.3, 0.4) is 0 Å². The van der Waals surface area contributed by atoms with Gasteiger partial charge in [0, 0.05) is 45.0 Å². The van der Waals surface area contributed by atoms with Crippen LogP contribution in [0.15, 0.2) is 65.7 Å². The Bertz CT molecular complexity index is 1520. The molecule has 0 radical (unpaired) electrons. The standard InChI is InChI=1S/C28H26F3N7O3/c29-28(30,31)26-22(16-34-35-27(26)40)38-17-20-4-1-2-5-21(20)23(38)18-41-13-3-6-25(39)37-11-9-36(10-12-37)24-8-7-19(14-32)15-33-24/h1-8,15-16,23H,9-13,17-18H2,(H,35,40)/b6-3+/t23-/m0/s1. The lowest BCUT2D eigenvalue weighted by molar-refractivity contribution is -0.138. The zero-order valence-corrected chi connectivity index (χ0v) is 21.8. The van der Waals surface area contributed by atoms with Crippen LogP contribution in [0, 0.1) is 11.3 Å². The molecular weight excluding hydrogens is 539 g/mol. The van der Waals surface area contributed by atoms with E-state index in [1.165, 1.54) is 17.2 Å². The lowest BCUT2D eigenvalue weighted by atomic mass is 10.1. The van der Waals surface area contributed by atoms with Gasteiger partial charge < -0.3 is 19.4 Å². The van der Waals surface area contributed by atoms with E-state index < -0.39 is 23.3 Å². The normalized spacial score (nSPS) is 17.1. The third-order valence-corrected chi connectivity index (χ3v) is 7.10. The summed E-state index contributed by atoms with van der Waals surface area (Å²) in [7, 11) is 0. The number of nitriles is 1. The summed E-state index contributed by atoms with van der Waals surface area (Å²) in [6, 6.07) is 12.2. The number of nitrogens with one attached hydrogen (secondary N) is 1. The Balaban J connectivity index is 1.18. The molecule has 10 nitrogen and oxygen atoms in total. The Morgan fingerprint density at radius 2 is 1.93 bits per heavy atom. The number of alkyl halides is 3. The van der Waals surface area contributed by atoms with Crippen molar-refractivity contribution in [1.29, 1.82) is 5.26 Å². The monoisotopic (exact) mass is 565 g/mol. The van der Waals surface area contributed by atoms with Crippen molar-refractivity contribution in [3.05, 3.63) is 93.6 Å². The molecule has 1 atom stereocenters. The van der Waals surface area contributed by atoms with Crippen molar-refractivity contribution < 1.29 is 22.7 Å². The number of nitrogens with zero attached hydrogens (tertiary/aromatic N) is 6. The molecule has 0 unspecified atom stereocenters. The molecule has 3 aromatic rings. The Morgan fingerprint density at radius 1 is 1.15 bits per heavy atom. The maximum absolute atomic E-state index is 13.8. The van der Waals surface area contributed by atoms with E-state index in [4.69, 9.17) is 10.00 Å². The number of pyridine rings is 1. The molecule has 5 rings (SSSR count). The van der Waals surface area contributed by atoms with Gasteiger partial charge in [0.15, 0.2) is 0 Å². The van der Waals surface area contributed by atoms with E-state index in [9.17, 15) is 22.8 Å². The minimum atomic E-state index is -4.86. The van der Waals surface area contributed by atoms with Gasteiger partial charge in [-0.15, -0.1) is 0 Å². The van der Waals surface area contributed by atoms with E-state index in [1.807, 2.05) is 28.2 Å². The lowest BCUT2D eigenvalue weighted by Crippen LogP contribution is -2.48. The predicted molar refractivity (Wildman–Crippen MR) is 143 cm³/mol. The third-order valence-electron chi connectivity index (χ3n) is 7.10. The third kappa shape index (κ3) is 6.07. The highest BCUT2D eigenvalue weighted by Gasteiger charge is 2.41. The number of carbonyl (C=O) groups excluding carboxylic acids is 1. The van der Waals surface area contributed by atoms with Crippen molar-refractivity contribution in [1.82, 2.24) is 20.1 Å². The van der Waals surface area contributed by atoms with Crippen LogP contribution in [-0.4, -0.2) is 65.4 Å². The molecule has 2 aliphatic heterocycles. The second-order valence-corrected chi connectivity index (χ2v) is 9.57. The Kier molecular flexibility index (Phi) is 8.02. The van der Waals surface area contributed by atoms with Gasteiger partial charge in [-0.3, -0.25) is 9.59 Å². The Morgan fingerprint density at radius 3 is 2.63 bits per heavy atom. The number of piperazine rings is 1. The summed E-state index contributed by atoms with van der Waals surface area (Å²) in [5.74, 6) is 0.582. The number of ether oxygens (including phenoxy) is 1. The molecule has 1 amide bonds. The van der Waals surface area contributed by atoms with Gasteiger partial charge in [0.05, 0.1) is 36.7 Å². The summed E-state index contributed by atoms with van der Waals surface area (Å²) in [6.45, 7) is 2.49. The molecule has 4 heterocycles. The fourth-order valence-corrected chi connectivity index (χ4v) is 5.08. The number of hydrogen-bond donors (Lipinski definition) is 1. The van der Waals surface area contributed by atoms with Gasteiger partial charge in [-0.25, -0.2) is 10.1 Å². The minimum Gasteiger partial charge on any atom is -0.375 e. The van der Waals surface area contributed by atoms with E-state index in [2.05, 4.69) is 10.1 Å². The number of aromatic amines is 1. The first-order valence-corrected chi connectivity index (χ1v) is 12.9. The number of H-pyrrole nitrogens is 1. The smallest absolute Gasteiger partial charge is 0.375 e. The summed E-state index contributed by atoms with van der Waals surface area (Å²) in [4.78, 5) is 34.3. The number of carbonyl (C=O) groups is 1. The topological polar surface area (TPSA) is 118 Å². The number of amides is 1. The number of benzene rings is 1. The average Bonchev–Trinajstić information content (AvgIpc) is 3.34. The summed E-state index contributed by atoms with van der Waals surface area (Å²) in [5, 5.41) is 14.4. The van der Waals surface area contributed by atoms with Gasteiger partial charge in [0.2, 0.25) is 5.91 Å². The minimum absolute atomic E-state index is 0.0376. The molecule has 1 fully saturated rings. The van der Waals surface area contributed by atoms with Gasteiger partial charge in [0.1, 0.15) is 17.5 Å². The molecule has 2 aromatic heterocycles. The van der Waals surface area contributed by atoms with Gasteiger partial charge in [0.25, 0.3) is 5.56 Å². The number of fused-ring (bicyclic) bond motifs is 1. The molecule has 1 N–H and O–H groups in total. The lowest BCUT2D eigenvalue weighted by Gasteiger charge is -2.34. The second kappa shape index (κ2) is 11.8. The first-order valence-electron chi connectivity index (χ1n) is 12.9. The number of hydrogen-bond acceptors (Lipinski definition) is 8. The highest BCUT2D eigenvalue weighted by Crippen LogP contribution is 2.42. The number of aromatic nitrogens is 3. The van der Waals surface area contributed by atoms with Crippen molar-refractivity contribution in [2.75, 3.05) is 49.2 Å². The van der Waals surface area contributed by atoms with Crippen LogP contribution in [0.4, 0.5) is 24.7 Å². The highest BCUT2D eigenvalue weighted by atomic mass is 19.4. The molecule has 212 valence electrons. The van der Waals surface area contributed by atoms with E-state index in [1.54, 1.807) is 35.2 Å². The Hall–Kier alpha value is -4.70. The zero-order valence-electron chi connectivity index (χ0n) is 21.8. The maximum atomic E-state index is 13.8. The molecule has 13 heteroatoms. The van der Waals surface area contributed by atoms with Crippen LogP contribution in [0.1, 0.15) is 28.3 Å². The molecule has 0 saturated carbocycles. The fraction of sp³-hybridized carbons (Fsp3) is 0.321. The predicted octanol–water partition coefficient (Wildman–Crippen LogP) is 3.04. The average molecular weight is 566 g/mol. The molecule has 0 aliphatic carbocycles. The van der Waals surface area contributed by atoms with Crippen LogP contribution in [0.2, 0.25) is 0 Å². The largest absolute Gasteiger partial charge is 0.423 e. The van der Waals surface area contributed by atoms with E-state index in [-0.39, 0.29) is 31.4 Å². The van der Waals surface area contributed by atoms with E-state index >= 15 is 0 Å². The molecule has 0 bridgehead atoms. The highest BCUT2D eigenvalue weighted by molar-refractivity contribution is 5.87. The van der Waals surface area contributed by atoms with Crippen molar-refractivity contribution in [2.24, 2.45) is 0 Å². The maximum Gasteiger partial charge on any atom is 0.423 e. The molecule has 1 saturated heterocycles. The van der Waals surface area contributed by atoms with Gasteiger partial charge in [-0.05, 0) is 23.3 Å². The summed E-state index contributed by atoms with van der Waals surface area (Å²) >= 11 is 0. The molecular formula is C28H26F3N7O3. The number of anilines is 2. The van der Waals surface area contributed by atoms with Crippen molar-refractivity contribution in [3.63, 3.8) is 0 Å². The number of halogens is 3. The van der Waals surface area contributed by atoms with Crippen LogP contribution in [0.25, 0.3) is 0 Å². The number of rotatable bonds is 7. The van der Waals surface area contributed by atoms with E-state index in [0.717, 1.165) is 23.1 Å². The van der Waals surface area contributed by atoms with Crippen molar-refractivity contribution >= 4 is 17.4 Å². The zero-order chi connectivity index (χ0) is 29.0. The molecule has 1 aromatic carbocycles. The van der Waals surface area contributed by atoms with Crippen LogP contribution in [-0.2, 0) is 22.3 Å².